The number of benzene rings is 1. The van der Waals surface area contributed by atoms with Crippen LogP contribution < -0.4 is 10.5 Å². The second-order valence-electron chi connectivity index (χ2n) is 6.79. The highest BCUT2D eigenvalue weighted by molar-refractivity contribution is 5.58. The Kier molecular flexibility index (Phi) is 11.2. The molecule has 0 saturated heterocycles. The zero-order chi connectivity index (χ0) is 18.5. The van der Waals surface area contributed by atoms with E-state index in [2.05, 4.69) is 44.2 Å². The van der Waals surface area contributed by atoms with Crippen LogP contribution in [0.3, 0.4) is 0 Å². The molecule has 0 amide bonds. The summed E-state index contributed by atoms with van der Waals surface area (Å²) in [5, 5.41) is 16.1. The van der Waals surface area contributed by atoms with Crippen LogP contribution in [0.2, 0.25) is 0 Å². The third kappa shape index (κ3) is 9.05. The normalized spacial score (nSPS) is 15.5. The SMILES string of the molecule is CCCCCCCOc1ccc2c(c1)C=CC(C)C2.NC(CO)CO. The molecule has 0 fully saturated rings. The summed E-state index contributed by atoms with van der Waals surface area (Å²) in [4.78, 5) is 0. The maximum atomic E-state index is 8.05. The van der Waals surface area contributed by atoms with Gasteiger partial charge >= 0.3 is 0 Å². The van der Waals surface area contributed by atoms with Crippen LogP contribution in [0, 0.1) is 5.92 Å². The molecule has 0 aromatic heterocycles. The Hall–Kier alpha value is -1.36. The number of hydrogen-bond donors (Lipinski definition) is 3. The first kappa shape index (κ1) is 21.7. The fourth-order valence-electron chi connectivity index (χ4n) is 2.64. The summed E-state index contributed by atoms with van der Waals surface area (Å²) in [6.45, 7) is 5.08. The summed E-state index contributed by atoms with van der Waals surface area (Å²) < 4.78 is 5.85. The van der Waals surface area contributed by atoms with E-state index in [0.29, 0.717) is 5.92 Å². The van der Waals surface area contributed by atoms with Crippen molar-refractivity contribution in [2.45, 2.75) is 58.4 Å². The van der Waals surface area contributed by atoms with Crippen molar-refractivity contribution in [2.24, 2.45) is 11.7 Å². The van der Waals surface area contributed by atoms with Gasteiger partial charge in [0.15, 0.2) is 0 Å². The highest BCUT2D eigenvalue weighted by Gasteiger charge is 2.10. The van der Waals surface area contributed by atoms with E-state index in [1.54, 1.807) is 0 Å². The molecule has 4 nitrogen and oxygen atoms in total. The molecule has 0 bridgehead atoms. The monoisotopic (exact) mass is 349 g/mol. The van der Waals surface area contributed by atoms with Crippen molar-refractivity contribution in [1.82, 2.24) is 0 Å². The van der Waals surface area contributed by atoms with Gasteiger partial charge in [0.05, 0.1) is 25.9 Å². The van der Waals surface area contributed by atoms with E-state index in [1.165, 1.54) is 43.2 Å². The summed E-state index contributed by atoms with van der Waals surface area (Å²) in [7, 11) is 0. The topological polar surface area (TPSA) is 75.7 Å². The van der Waals surface area contributed by atoms with Gasteiger partial charge in [-0.15, -0.1) is 0 Å². The molecular formula is C21H35NO3. The Morgan fingerprint density at radius 1 is 1.16 bits per heavy atom. The van der Waals surface area contributed by atoms with Crippen LogP contribution in [0.5, 0.6) is 5.75 Å². The molecule has 4 heteroatoms. The Morgan fingerprint density at radius 3 is 2.52 bits per heavy atom. The van der Waals surface area contributed by atoms with Crippen LogP contribution in [-0.2, 0) is 6.42 Å². The van der Waals surface area contributed by atoms with Gasteiger partial charge in [0.1, 0.15) is 5.75 Å². The largest absolute Gasteiger partial charge is 0.494 e. The first-order chi connectivity index (χ1) is 12.1. The molecule has 1 atom stereocenters. The van der Waals surface area contributed by atoms with E-state index in [1.807, 2.05) is 0 Å². The number of ether oxygens (including phenoxy) is 1. The van der Waals surface area contributed by atoms with Gasteiger partial charge in [0, 0.05) is 0 Å². The molecular weight excluding hydrogens is 314 g/mol. The minimum atomic E-state index is -0.454. The van der Waals surface area contributed by atoms with Gasteiger partial charge in [-0.2, -0.15) is 0 Å². The minimum absolute atomic E-state index is 0.142. The lowest BCUT2D eigenvalue weighted by Crippen LogP contribution is -2.27. The molecule has 0 heterocycles. The molecule has 1 aromatic carbocycles. The molecule has 0 spiro atoms. The van der Waals surface area contributed by atoms with Crippen LogP contribution >= 0.6 is 0 Å². The lowest BCUT2D eigenvalue weighted by molar-refractivity contribution is 0.194. The van der Waals surface area contributed by atoms with Gasteiger partial charge in [-0.3, -0.25) is 0 Å². The molecule has 4 N–H and O–H groups in total. The summed E-state index contributed by atoms with van der Waals surface area (Å²) in [6, 6.07) is 6.08. The highest BCUT2D eigenvalue weighted by Crippen LogP contribution is 2.26. The zero-order valence-corrected chi connectivity index (χ0v) is 15.8. The van der Waals surface area contributed by atoms with Crippen LogP contribution in [0.4, 0.5) is 0 Å². The van der Waals surface area contributed by atoms with Crippen LogP contribution in [0.15, 0.2) is 24.3 Å². The summed E-state index contributed by atoms with van der Waals surface area (Å²) in [5.41, 5.74) is 7.76. The quantitative estimate of drug-likeness (QED) is 0.596. The summed E-state index contributed by atoms with van der Waals surface area (Å²) >= 11 is 0. The lowest BCUT2D eigenvalue weighted by atomic mass is 9.91. The molecule has 1 aliphatic carbocycles. The predicted molar refractivity (Wildman–Crippen MR) is 105 cm³/mol. The summed E-state index contributed by atoms with van der Waals surface area (Å²) in [6.07, 6.45) is 12.1. The maximum Gasteiger partial charge on any atom is 0.119 e. The molecule has 0 aliphatic heterocycles. The number of aliphatic hydroxyl groups excluding tert-OH is 2. The van der Waals surface area contributed by atoms with Gasteiger partial charge in [-0.05, 0) is 42.0 Å². The van der Waals surface area contributed by atoms with Crippen molar-refractivity contribution < 1.29 is 14.9 Å². The number of rotatable bonds is 9. The number of nitrogens with two attached hydrogens (primary N) is 1. The molecule has 25 heavy (non-hydrogen) atoms. The Balaban J connectivity index is 0.000000450. The van der Waals surface area contributed by atoms with Crippen LogP contribution in [0.1, 0.15) is 57.1 Å². The predicted octanol–water partition coefficient (Wildman–Crippen LogP) is 3.54. The first-order valence-electron chi connectivity index (χ1n) is 9.51. The van der Waals surface area contributed by atoms with E-state index in [-0.39, 0.29) is 13.2 Å². The number of aliphatic hydroxyl groups is 2. The van der Waals surface area contributed by atoms with E-state index in [4.69, 9.17) is 20.7 Å². The fraction of sp³-hybridized carbons (Fsp3) is 0.619. The van der Waals surface area contributed by atoms with E-state index in [0.717, 1.165) is 18.8 Å². The number of allylic oxidation sites excluding steroid dienone is 1. The van der Waals surface area contributed by atoms with E-state index >= 15 is 0 Å². The van der Waals surface area contributed by atoms with Crippen molar-refractivity contribution in [3.05, 3.63) is 35.4 Å². The first-order valence-corrected chi connectivity index (χ1v) is 9.51. The van der Waals surface area contributed by atoms with Crippen LogP contribution in [-0.4, -0.2) is 36.1 Å². The van der Waals surface area contributed by atoms with Gasteiger partial charge in [0.25, 0.3) is 0 Å². The van der Waals surface area contributed by atoms with Crippen molar-refractivity contribution in [3.63, 3.8) is 0 Å². The molecule has 142 valence electrons. The lowest BCUT2D eigenvalue weighted by Gasteiger charge is -2.16. The second-order valence-corrected chi connectivity index (χ2v) is 6.79. The van der Waals surface area contributed by atoms with Crippen molar-refractivity contribution >= 4 is 6.08 Å². The van der Waals surface area contributed by atoms with Gasteiger partial charge in [-0.25, -0.2) is 0 Å². The van der Waals surface area contributed by atoms with E-state index < -0.39 is 6.04 Å². The molecule has 0 radical (unpaired) electrons. The van der Waals surface area contributed by atoms with Gasteiger partial charge in [-0.1, -0.05) is 57.7 Å². The van der Waals surface area contributed by atoms with Crippen molar-refractivity contribution in [1.29, 1.82) is 0 Å². The maximum absolute atomic E-state index is 8.05. The second kappa shape index (κ2) is 12.9. The fourth-order valence-corrected chi connectivity index (χ4v) is 2.64. The third-order valence-corrected chi connectivity index (χ3v) is 4.25. The van der Waals surface area contributed by atoms with Gasteiger partial charge < -0.3 is 20.7 Å². The Bertz CT molecular complexity index is 498. The molecule has 2 rings (SSSR count). The number of unbranched alkanes of at least 4 members (excludes halogenated alkanes) is 4. The third-order valence-electron chi connectivity index (χ3n) is 4.25. The smallest absolute Gasteiger partial charge is 0.119 e. The van der Waals surface area contributed by atoms with Crippen molar-refractivity contribution in [2.75, 3.05) is 19.8 Å². The Labute approximate surface area is 152 Å². The molecule has 1 aliphatic rings. The number of fused-ring (bicyclic) bond motifs is 1. The molecule has 1 unspecified atom stereocenters. The minimum Gasteiger partial charge on any atom is -0.494 e. The van der Waals surface area contributed by atoms with Crippen LogP contribution in [0.25, 0.3) is 6.08 Å². The number of hydrogen-bond acceptors (Lipinski definition) is 4. The van der Waals surface area contributed by atoms with Gasteiger partial charge in [0.2, 0.25) is 0 Å². The summed E-state index contributed by atoms with van der Waals surface area (Å²) in [5.74, 6) is 1.69. The standard InChI is InChI=1S/C18H26O.C3H9NO2/c1-3-4-5-6-7-12-19-18-11-10-16-13-15(2)8-9-17(16)14-18;4-3(1-5)2-6/h8-11,14-15H,3-7,12-13H2,1-2H3;3,5-6H,1-2,4H2. The Morgan fingerprint density at radius 2 is 1.88 bits per heavy atom. The van der Waals surface area contributed by atoms with E-state index in [9.17, 15) is 0 Å². The average Bonchev–Trinajstić information content (AvgIpc) is 2.64. The molecule has 1 aromatic rings. The highest BCUT2D eigenvalue weighted by atomic mass is 16.5. The van der Waals surface area contributed by atoms with Crippen molar-refractivity contribution in [3.8, 4) is 5.75 Å². The zero-order valence-electron chi connectivity index (χ0n) is 15.8. The molecule has 0 saturated carbocycles. The average molecular weight is 350 g/mol.